The van der Waals surface area contributed by atoms with E-state index in [9.17, 15) is 4.79 Å². The van der Waals surface area contributed by atoms with Crippen LogP contribution in [0.5, 0.6) is 0 Å². The van der Waals surface area contributed by atoms with Crippen molar-refractivity contribution in [3.8, 4) is 0 Å². The minimum absolute atomic E-state index is 0.0891. The number of thiophene rings is 1. The second kappa shape index (κ2) is 1.91. The first-order chi connectivity index (χ1) is 5.84. The Kier molecular flexibility index (Phi) is 1.06. The number of carbonyl (C=O) groups excluding carboxylic acids is 1. The molecule has 1 aromatic heterocycles. The molecular weight excluding hydrogens is 170 g/mol. The number of carbonyl (C=O) groups is 1. The Morgan fingerprint density at radius 1 is 1.67 bits per heavy atom. The Morgan fingerprint density at radius 2 is 2.58 bits per heavy atom. The van der Waals surface area contributed by atoms with Crippen molar-refractivity contribution in [2.24, 2.45) is 5.92 Å². The van der Waals surface area contributed by atoms with E-state index in [2.05, 4.69) is 11.4 Å². The largest absolute Gasteiger partial charge is 0.355 e. The van der Waals surface area contributed by atoms with Crippen molar-refractivity contribution >= 4 is 17.2 Å². The number of rotatable bonds is 1. The highest BCUT2D eigenvalue weighted by atomic mass is 32.1. The molecule has 3 heteroatoms. The molecule has 2 fully saturated rings. The Balaban J connectivity index is 2.08. The molecule has 2 aliphatic rings. The highest BCUT2D eigenvalue weighted by Crippen LogP contribution is 2.58. The van der Waals surface area contributed by atoms with Gasteiger partial charge in [-0.2, -0.15) is 0 Å². The van der Waals surface area contributed by atoms with Crippen LogP contribution in [0.1, 0.15) is 11.3 Å². The number of amides is 1. The maximum absolute atomic E-state index is 11.5. The Labute approximate surface area is 74.6 Å². The predicted octanol–water partition coefficient (Wildman–Crippen LogP) is 1.14. The Hall–Kier alpha value is -0.830. The first-order valence-corrected chi connectivity index (χ1v) is 5.04. The molecule has 2 nitrogen and oxygen atoms in total. The van der Waals surface area contributed by atoms with Crippen LogP contribution >= 0.6 is 11.3 Å². The zero-order valence-electron chi connectivity index (χ0n) is 6.54. The molecule has 2 heterocycles. The lowest BCUT2D eigenvalue weighted by Crippen LogP contribution is -2.27. The molecule has 0 spiro atoms. The molecule has 0 bridgehead atoms. The van der Waals surface area contributed by atoms with Crippen molar-refractivity contribution < 1.29 is 4.79 Å². The van der Waals surface area contributed by atoms with Crippen molar-refractivity contribution in [1.82, 2.24) is 5.32 Å². The summed E-state index contributed by atoms with van der Waals surface area (Å²) in [4.78, 5) is 12.8. The summed E-state index contributed by atoms with van der Waals surface area (Å²) in [5, 5.41) is 4.96. The van der Waals surface area contributed by atoms with E-state index in [1.165, 1.54) is 4.88 Å². The highest BCUT2D eigenvalue weighted by Gasteiger charge is 2.65. The molecule has 1 amide bonds. The summed E-state index contributed by atoms with van der Waals surface area (Å²) < 4.78 is 0. The van der Waals surface area contributed by atoms with Gasteiger partial charge in [0.15, 0.2) is 0 Å². The lowest BCUT2D eigenvalue weighted by molar-refractivity contribution is -0.121. The van der Waals surface area contributed by atoms with E-state index in [1.807, 2.05) is 11.4 Å². The molecule has 62 valence electrons. The van der Waals surface area contributed by atoms with Crippen LogP contribution in [0.15, 0.2) is 17.5 Å². The van der Waals surface area contributed by atoms with Crippen molar-refractivity contribution in [1.29, 1.82) is 0 Å². The maximum Gasteiger partial charge on any atom is 0.231 e. The summed E-state index contributed by atoms with van der Waals surface area (Å²) >= 11 is 1.70. The number of hydrogen-bond donors (Lipinski definition) is 1. The fourth-order valence-corrected chi connectivity index (χ4v) is 3.19. The van der Waals surface area contributed by atoms with Crippen LogP contribution in [-0.4, -0.2) is 12.5 Å². The van der Waals surface area contributed by atoms with Crippen molar-refractivity contribution in [3.05, 3.63) is 22.4 Å². The van der Waals surface area contributed by atoms with E-state index in [-0.39, 0.29) is 11.3 Å². The van der Waals surface area contributed by atoms with E-state index in [4.69, 9.17) is 0 Å². The lowest BCUT2D eigenvalue weighted by atomic mass is 10.0. The van der Waals surface area contributed by atoms with Crippen molar-refractivity contribution in [2.75, 3.05) is 6.54 Å². The first-order valence-electron chi connectivity index (χ1n) is 4.16. The van der Waals surface area contributed by atoms with Crippen LogP contribution in [0.2, 0.25) is 0 Å². The van der Waals surface area contributed by atoms with Gasteiger partial charge in [-0.1, -0.05) is 6.07 Å². The third-order valence-electron chi connectivity index (χ3n) is 2.98. The van der Waals surface area contributed by atoms with Crippen LogP contribution in [0.25, 0.3) is 0 Å². The summed E-state index contributed by atoms with van der Waals surface area (Å²) in [6.07, 6.45) is 1.07. The van der Waals surface area contributed by atoms with Crippen LogP contribution in [0, 0.1) is 5.92 Å². The van der Waals surface area contributed by atoms with E-state index in [0.29, 0.717) is 5.92 Å². The van der Waals surface area contributed by atoms with Gasteiger partial charge in [0.2, 0.25) is 5.91 Å². The molecule has 12 heavy (non-hydrogen) atoms. The summed E-state index contributed by atoms with van der Waals surface area (Å²) in [6.45, 7) is 0.886. The zero-order valence-corrected chi connectivity index (χ0v) is 7.36. The molecule has 0 unspecified atom stereocenters. The Morgan fingerprint density at radius 3 is 3.08 bits per heavy atom. The van der Waals surface area contributed by atoms with E-state index in [1.54, 1.807) is 11.3 Å². The minimum Gasteiger partial charge on any atom is -0.355 e. The molecule has 0 radical (unpaired) electrons. The highest BCUT2D eigenvalue weighted by molar-refractivity contribution is 7.10. The first kappa shape index (κ1) is 6.66. The zero-order chi connectivity index (χ0) is 8.18. The van der Waals surface area contributed by atoms with Gasteiger partial charge in [-0.15, -0.1) is 11.3 Å². The molecule has 1 saturated carbocycles. The second-order valence-corrected chi connectivity index (χ2v) is 4.51. The molecular formula is C9H9NOS. The van der Waals surface area contributed by atoms with Gasteiger partial charge in [0.1, 0.15) is 0 Å². The standard InChI is InChI=1S/C9H9NOS/c11-8-9(4-6(9)5-10-8)7-2-1-3-12-7/h1-3,6H,4-5H2,(H,10,11)/t6-,9-/m1/s1. The van der Waals surface area contributed by atoms with Gasteiger partial charge in [-0.3, -0.25) is 4.79 Å². The summed E-state index contributed by atoms with van der Waals surface area (Å²) in [6, 6.07) is 4.10. The third kappa shape index (κ3) is 0.591. The number of fused-ring (bicyclic) bond motifs is 1. The second-order valence-electron chi connectivity index (χ2n) is 3.56. The molecule has 2 atom stereocenters. The topological polar surface area (TPSA) is 29.1 Å². The summed E-state index contributed by atoms with van der Waals surface area (Å²) in [5.41, 5.74) is -0.0891. The summed E-state index contributed by atoms with van der Waals surface area (Å²) in [7, 11) is 0. The molecule has 1 aromatic rings. The monoisotopic (exact) mass is 179 g/mol. The van der Waals surface area contributed by atoms with E-state index >= 15 is 0 Å². The van der Waals surface area contributed by atoms with Gasteiger partial charge in [-0.05, 0) is 23.8 Å². The molecule has 1 aliphatic heterocycles. The lowest BCUT2D eigenvalue weighted by Gasteiger charge is -2.05. The maximum atomic E-state index is 11.5. The van der Waals surface area contributed by atoms with Gasteiger partial charge < -0.3 is 5.32 Å². The van der Waals surface area contributed by atoms with Crippen LogP contribution in [-0.2, 0) is 10.2 Å². The van der Waals surface area contributed by atoms with Crippen LogP contribution < -0.4 is 5.32 Å². The Bertz CT molecular complexity index is 332. The average Bonchev–Trinajstić information content (AvgIpc) is 2.49. The SMILES string of the molecule is O=C1NC[C@H]2C[C@@]12c1cccs1. The molecule has 3 rings (SSSR count). The molecule has 0 aromatic carbocycles. The molecule has 1 saturated heterocycles. The van der Waals surface area contributed by atoms with Gasteiger partial charge in [0.25, 0.3) is 0 Å². The van der Waals surface area contributed by atoms with Gasteiger partial charge >= 0.3 is 0 Å². The van der Waals surface area contributed by atoms with Crippen LogP contribution in [0.3, 0.4) is 0 Å². The fraction of sp³-hybridized carbons (Fsp3) is 0.444. The number of piperidine rings is 1. The van der Waals surface area contributed by atoms with Gasteiger partial charge in [0.05, 0.1) is 5.41 Å². The van der Waals surface area contributed by atoms with Crippen LogP contribution in [0.4, 0.5) is 0 Å². The molecule has 1 N–H and O–H groups in total. The van der Waals surface area contributed by atoms with Crippen molar-refractivity contribution in [3.63, 3.8) is 0 Å². The minimum atomic E-state index is -0.0891. The van der Waals surface area contributed by atoms with Crippen molar-refractivity contribution in [2.45, 2.75) is 11.8 Å². The summed E-state index contributed by atoms with van der Waals surface area (Å²) in [5.74, 6) is 0.832. The fourth-order valence-electron chi connectivity index (χ4n) is 2.17. The van der Waals surface area contributed by atoms with Gasteiger partial charge in [-0.25, -0.2) is 0 Å². The normalized spacial score (nSPS) is 37.7. The number of hydrogen-bond acceptors (Lipinski definition) is 2. The average molecular weight is 179 g/mol. The predicted molar refractivity (Wildman–Crippen MR) is 47.1 cm³/mol. The number of nitrogens with one attached hydrogen (secondary N) is 1. The smallest absolute Gasteiger partial charge is 0.231 e. The third-order valence-corrected chi connectivity index (χ3v) is 4.03. The molecule has 1 aliphatic carbocycles. The van der Waals surface area contributed by atoms with E-state index in [0.717, 1.165) is 13.0 Å². The van der Waals surface area contributed by atoms with Gasteiger partial charge in [0, 0.05) is 11.4 Å². The van der Waals surface area contributed by atoms with E-state index < -0.39 is 0 Å². The quantitative estimate of drug-likeness (QED) is 0.688.